The fourth-order valence-corrected chi connectivity index (χ4v) is 1.78. The highest BCUT2D eigenvalue weighted by atomic mass is 79.9. The van der Waals surface area contributed by atoms with Crippen LogP contribution in [0, 0.1) is 5.82 Å². The molecule has 1 heterocycles. The summed E-state index contributed by atoms with van der Waals surface area (Å²) in [5.41, 5.74) is 5.67. The van der Waals surface area contributed by atoms with Crippen LogP contribution in [0.2, 0.25) is 5.02 Å². The third-order valence-electron chi connectivity index (χ3n) is 1.97. The molecule has 2 rings (SSSR count). The van der Waals surface area contributed by atoms with Gasteiger partial charge in [-0.25, -0.2) is 9.37 Å². The zero-order valence-electron chi connectivity index (χ0n) is 8.42. The van der Waals surface area contributed by atoms with E-state index in [0.29, 0.717) is 4.47 Å². The molecule has 1 aromatic carbocycles. The number of anilines is 3. The summed E-state index contributed by atoms with van der Waals surface area (Å²) in [6, 6.07) is 4.61. The number of hydrogen-bond donors (Lipinski definition) is 2. The molecule has 0 unspecified atom stereocenters. The van der Waals surface area contributed by atoms with Crippen molar-refractivity contribution in [1.82, 2.24) is 9.97 Å². The van der Waals surface area contributed by atoms with Crippen LogP contribution in [0.5, 0.6) is 0 Å². The third-order valence-corrected chi connectivity index (χ3v) is 2.91. The van der Waals surface area contributed by atoms with Gasteiger partial charge in [0.2, 0.25) is 5.95 Å². The molecule has 0 spiro atoms. The van der Waals surface area contributed by atoms with Crippen molar-refractivity contribution in [3.05, 3.63) is 39.7 Å². The van der Waals surface area contributed by atoms with E-state index in [1.54, 1.807) is 12.1 Å². The minimum Gasteiger partial charge on any atom is -0.368 e. The Morgan fingerprint density at radius 1 is 1.41 bits per heavy atom. The van der Waals surface area contributed by atoms with E-state index in [1.165, 1.54) is 12.3 Å². The summed E-state index contributed by atoms with van der Waals surface area (Å²) < 4.78 is 14.1. The van der Waals surface area contributed by atoms with Crippen LogP contribution < -0.4 is 11.1 Å². The predicted octanol–water partition coefficient (Wildman–Crippen LogP) is 3.36. The van der Waals surface area contributed by atoms with Gasteiger partial charge in [0.25, 0.3) is 0 Å². The van der Waals surface area contributed by atoms with Crippen molar-refractivity contribution in [1.29, 1.82) is 0 Å². The highest BCUT2D eigenvalue weighted by Gasteiger charge is 2.10. The van der Waals surface area contributed by atoms with Crippen LogP contribution in [-0.2, 0) is 0 Å². The fourth-order valence-electron chi connectivity index (χ4n) is 1.20. The Bertz CT molecular complexity index is 544. The average molecular weight is 318 g/mol. The van der Waals surface area contributed by atoms with Crippen LogP contribution in [0.4, 0.5) is 21.8 Å². The molecule has 0 fully saturated rings. The summed E-state index contributed by atoms with van der Waals surface area (Å²) in [6.07, 6.45) is 1.35. The number of halogens is 3. The fraction of sp³-hybridized carbons (Fsp3) is 0. The number of hydrogen-bond acceptors (Lipinski definition) is 4. The Kier molecular flexibility index (Phi) is 3.44. The first-order chi connectivity index (χ1) is 8.08. The second-order valence-electron chi connectivity index (χ2n) is 3.15. The lowest BCUT2D eigenvalue weighted by molar-refractivity contribution is 0.631. The molecule has 88 valence electrons. The maximum absolute atomic E-state index is 13.6. The maximum atomic E-state index is 13.6. The van der Waals surface area contributed by atoms with E-state index in [2.05, 4.69) is 31.2 Å². The number of nitrogens with one attached hydrogen (secondary N) is 1. The van der Waals surface area contributed by atoms with Gasteiger partial charge in [0.15, 0.2) is 5.82 Å². The molecule has 17 heavy (non-hydrogen) atoms. The topological polar surface area (TPSA) is 63.8 Å². The predicted molar refractivity (Wildman–Crippen MR) is 68.8 cm³/mol. The first kappa shape index (κ1) is 12.1. The molecule has 0 saturated heterocycles. The molecule has 0 aliphatic rings. The molecule has 0 atom stereocenters. The molecule has 2 aromatic rings. The van der Waals surface area contributed by atoms with Gasteiger partial charge in [0.05, 0.1) is 11.9 Å². The SMILES string of the molecule is Nc1ncc(Cl)c(Nc2c(F)cccc2Br)n1. The van der Waals surface area contributed by atoms with E-state index in [9.17, 15) is 4.39 Å². The molecule has 3 N–H and O–H groups in total. The summed E-state index contributed by atoms with van der Waals surface area (Å²) >= 11 is 9.10. The van der Waals surface area contributed by atoms with Crippen molar-refractivity contribution in [3.63, 3.8) is 0 Å². The Labute approximate surface area is 110 Å². The van der Waals surface area contributed by atoms with Crippen molar-refractivity contribution in [2.45, 2.75) is 0 Å². The minimum absolute atomic E-state index is 0.0596. The van der Waals surface area contributed by atoms with Gasteiger partial charge in [0.1, 0.15) is 10.8 Å². The van der Waals surface area contributed by atoms with Crippen molar-refractivity contribution in [2.75, 3.05) is 11.1 Å². The molecule has 0 aliphatic carbocycles. The number of aromatic nitrogens is 2. The van der Waals surface area contributed by atoms with E-state index in [0.717, 1.165) is 0 Å². The van der Waals surface area contributed by atoms with E-state index >= 15 is 0 Å². The average Bonchev–Trinajstić information content (AvgIpc) is 2.28. The lowest BCUT2D eigenvalue weighted by Gasteiger charge is -2.10. The van der Waals surface area contributed by atoms with Gasteiger partial charge in [-0.3, -0.25) is 0 Å². The van der Waals surface area contributed by atoms with Crippen molar-refractivity contribution < 1.29 is 4.39 Å². The van der Waals surface area contributed by atoms with Crippen LogP contribution in [0.15, 0.2) is 28.9 Å². The Morgan fingerprint density at radius 3 is 2.88 bits per heavy atom. The minimum atomic E-state index is -0.423. The van der Waals surface area contributed by atoms with Crippen molar-refractivity contribution in [3.8, 4) is 0 Å². The first-order valence-electron chi connectivity index (χ1n) is 4.57. The smallest absolute Gasteiger partial charge is 0.222 e. The molecule has 0 bridgehead atoms. The Morgan fingerprint density at radius 2 is 2.18 bits per heavy atom. The lowest BCUT2D eigenvalue weighted by Crippen LogP contribution is -2.02. The van der Waals surface area contributed by atoms with Gasteiger partial charge in [-0.15, -0.1) is 0 Å². The Hall–Kier alpha value is -1.40. The monoisotopic (exact) mass is 316 g/mol. The summed E-state index contributed by atoms with van der Waals surface area (Å²) in [6.45, 7) is 0. The molecule has 0 amide bonds. The molecular formula is C10H7BrClFN4. The molecule has 1 aromatic heterocycles. The second kappa shape index (κ2) is 4.85. The summed E-state index contributed by atoms with van der Waals surface area (Å²) in [4.78, 5) is 7.60. The molecule has 0 saturated carbocycles. The standard InChI is InChI=1S/C10H7BrClFN4/c11-5-2-1-3-7(13)8(5)16-9-6(12)4-15-10(14)17-9/h1-4H,(H3,14,15,16,17). The number of nitrogens with two attached hydrogens (primary N) is 1. The van der Waals surface area contributed by atoms with Crippen molar-refractivity contribution >= 4 is 45.0 Å². The highest BCUT2D eigenvalue weighted by Crippen LogP contribution is 2.30. The molecule has 0 radical (unpaired) electrons. The van der Waals surface area contributed by atoms with Gasteiger partial charge >= 0.3 is 0 Å². The van der Waals surface area contributed by atoms with Gasteiger partial charge in [-0.1, -0.05) is 17.7 Å². The summed E-state index contributed by atoms with van der Waals surface area (Å²) in [7, 11) is 0. The van der Waals surface area contributed by atoms with Gasteiger partial charge in [-0.2, -0.15) is 4.98 Å². The molecule has 4 nitrogen and oxygen atoms in total. The zero-order valence-corrected chi connectivity index (χ0v) is 10.8. The van der Waals surface area contributed by atoms with Gasteiger partial charge in [0, 0.05) is 4.47 Å². The van der Waals surface area contributed by atoms with E-state index in [4.69, 9.17) is 17.3 Å². The van der Waals surface area contributed by atoms with Crippen LogP contribution in [0.3, 0.4) is 0 Å². The van der Waals surface area contributed by atoms with Crippen LogP contribution in [0.25, 0.3) is 0 Å². The number of benzene rings is 1. The van der Waals surface area contributed by atoms with E-state index < -0.39 is 5.82 Å². The van der Waals surface area contributed by atoms with E-state index in [-0.39, 0.29) is 22.5 Å². The highest BCUT2D eigenvalue weighted by molar-refractivity contribution is 9.10. The largest absolute Gasteiger partial charge is 0.368 e. The summed E-state index contributed by atoms with van der Waals surface area (Å²) in [5, 5.41) is 3.02. The Balaban J connectivity index is 2.41. The number of nitrogens with zero attached hydrogens (tertiary/aromatic N) is 2. The quantitative estimate of drug-likeness (QED) is 0.891. The first-order valence-corrected chi connectivity index (χ1v) is 5.74. The third kappa shape index (κ3) is 2.65. The molecule has 0 aliphatic heterocycles. The van der Waals surface area contributed by atoms with Gasteiger partial charge < -0.3 is 11.1 Å². The van der Waals surface area contributed by atoms with Crippen molar-refractivity contribution in [2.24, 2.45) is 0 Å². The number of nitrogen functional groups attached to an aromatic ring is 1. The molecular weight excluding hydrogens is 310 g/mol. The number of rotatable bonds is 2. The lowest BCUT2D eigenvalue weighted by atomic mass is 10.3. The normalized spacial score (nSPS) is 10.3. The maximum Gasteiger partial charge on any atom is 0.222 e. The van der Waals surface area contributed by atoms with Crippen LogP contribution >= 0.6 is 27.5 Å². The van der Waals surface area contributed by atoms with E-state index in [1.807, 2.05) is 0 Å². The zero-order chi connectivity index (χ0) is 12.4. The van der Waals surface area contributed by atoms with Crippen LogP contribution in [-0.4, -0.2) is 9.97 Å². The van der Waals surface area contributed by atoms with Crippen LogP contribution in [0.1, 0.15) is 0 Å². The summed E-state index contributed by atoms with van der Waals surface area (Å²) in [5.74, 6) is -0.109. The number of para-hydroxylation sites is 1. The second-order valence-corrected chi connectivity index (χ2v) is 4.41. The van der Waals surface area contributed by atoms with Gasteiger partial charge in [-0.05, 0) is 28.1 Å². The molecule has 7 heteroatoms.